The Kier molecular flexibility index (Phi) is 3.29. The van der Waals surface area contributed by atoms with E-state index in [-0.39, 0.29) is 0 Å². The van der Waals surface area contributed by atoms with E-state index in [2.05, 4.69) is 21.0 Å². The molecule has 0 bridgehead atoms. The third-order valence-electron chi connectivity index (χ3n) is 2.33. The molecule has 0 aliphatic carbocycles. The Balaban J connectivity index is 2.71. The molecule has 0 N–H and O–H groups in total. The first-order valence-electron chi connectivity index (χ1n) is 4.65. The highest BCUT2D eigenvalue weighted by Crippen LogP contribution is 2.36. The summed E-state index contributed by atoms with van der Waals surface area (Å²) in [4.78, 5) is 0. The van der Waals surface area contributed by atoms with Crippen molar-refractivity contribution in [2.24, 2.45) is 7.05 Å². The normalized spacial score (nSPS) is 10.8. The number of rotatable bonds is 1. The molecule has 0 radical (unpaired) electrons. The maximum absolute atomic E-state index is 6.16. The van der Waals surface area contributed by atoms with Crippen LogP contribution in [0.25, 0.3) is 11.3 Å². The summed E-state index contributed by atoms with van der Waals surface area (Å²) in [5.41, 5.74) is 2.74. The zero-order valence-corrected chi connectivity index (χ0v) is 11.9. The van der Waals surface area contributed by atoms with Crippen molar-refractivity contribution in [1.82, 2.24) is 9.78 Å². The highest BCUT2D eigenvalue weighted by molar-refractivity contribution is 9.10. The second-order valence-corrected chi connectivity index (χ2v) is 5.13. The lowest BCUT2D eigenvalue weighted by Gasteiger charge is -2.06. The second-order valence-electron chi connectivity index (χ2n) is 3.50. The average Bonchev–Trinajstić information content (AvgIpc) is 2.46. The van der Waals surface area contributed by atoms with E-state index >= 15 is 0 Å². The first-order chi connectivity index (χ1) is 7.50. The molecule has 0 saturated heterocycles. The number of hydrogen-bond donors (Lipinski definition) is 0. The third-order valence-corrected chi connectivity index (χ3v) is 3.85. The maximum atomic E-state index is 6.16. The van der Waals surface area contributed by atoms with Crippen LogP contribution in [-0.4, -0.2) is 9.78 Å². The van der Waals surface area contributed by atoms with E-state index in [1.807, 2.05) is 20.0 Å². The Labute approximate surface area is 112 Å². The molecule has 0 aliphatic heterocycles. The molecule has 1 aromatic heterocycles. The lowest BCUT2D eigenvalue weighted by Crippen LogP contribution is -1.94. The van der Waals surface area contributed by atoms with Crippen molar-refractivity contribution in [2.45, 2.75) is 6.92 Å². The third kappa shape index (κ3) is 1.99. The van der Waals surface area contributed by atoms with E-state index in [4.69, 9.17) is 23.2 Å². The molecule has 1 aromatic carbocycles. The minimum absolute atomic E-state index is 0.658. The summed E-state index contributed by atoms with van der Waals surface area (Å²) in [5, 5.41) is 5.64. The minimum Gasteiger partial charge on any atom is -0.266 e. The smallest absolute Gasteiger partial charge is 0.0839 e. The molecular weight excluding hydrogens is 311 g/mol. The first-order valence-corrected chi connectivity index (χ1v) is 6.20. The quantitative estimate of drug-likeness (QED) is 0.758. The Morgan fingerprint density at radius 1 is 1.31 bits per heavy atom. The monoisotopic (exact) mass is 318 g/mol. The van der Waals surface area contributed by atoms with E-state index in [0.717, 1.165) is 21.4 Å². The Morgan fingerprint density at radius 3 is 2.56 bits per heavy atom. The molecule has 0 spiro atoms. The molecule has 0 amide bonds. The number of aromatic nitrogens is 2. The van der Waals surface area contributed by atoms with Gasteiger partial charge < -0.3 is 0 Å². The highest BCUT2D eigenvalue weighted by Gasteiger charge is 2.15. The number of nitrogens with zero attached hydrogens (tertiary/aromatic N) is 2. The van der Waals surface area contributed by atoms with Crippen molar-refractivity contribution in [1.29, 1.82) is 0 Å². The topological polar surface area (TPSA) is 17.8 Å². The van der Waals surface area contributed by atoms with Gasteiger partial charge in [0.05, 0.1) is 20.9 Å². The van der Waals surface area contributed by atoms with Crippen LogP contribution in [0.2, 0.25) is 10.0 Å². The van der Waals surface area contributed by atoms with Crippen LogP contribution in [0.15, 0.2) is 22.7 Å². The van der Waals surface area contributed by atoms with Crippen LogP contribution in [0.4, 0.5) is 0 Å². The van der Waals surface area contributed by atoms with Gasteiger partial charge in [0.15, 0.2) is 0 Å². The van der Waals surface area contributed by atoms with Gasteiger partial charge in [0.1, 0.15) is 0 Å². The first kappa shape index (κ1) is 12.0. The summed E-state index contributed by atoms with van der Waals surface area (Å²) in [6.45, 7) is 1.94. The molecule has 84 valence electrons. The molecule has 0 atom stereocenters. The van der Waals surface area contributed by atoms with Gasteiger partial charge in [-0.3, -0.25) is 4.68 Å². The van der Waals surface area contributed by atoms with Crippen molar-refractivity contribution in [2.75, 3.05) is 0 Å². The van der Waals surface area contributed by atoms with Gasteiger partial charge in [0.25, 0.3) is 0 Å². The Hall–Kier alpha value is -0.510. The van der Waals surface area contributed by atoms with Crippen LogP contribution in [0, 0.1) is 6.92 Å². The van der Waals surface area contributed by atoms with Crippen LogP contribution in [0.3, 0.4) is 0 Å². The molecule has 16 heavy (non-hydrogen) atoms. The van der Waals surface area contributed by atoms with Crippen molar-refractivity contribution >= 4 is 39.1 Å². The lowest BCUT2D eigenvalue weighted by atomic mass is 10.1. The lowest BCUT2D eigenvalue weighted by molar-refractivity contribution is 0.764. The predicted octanol–water partition coefficient (Wildman–Crippen LogP) is 4.46. The predicted molar refractivity (Wildman–Crippen MR) is 71.1 cm³/mol. The van der Waals surface area contributed by atoms with Crippen molar-refractivity contribution in [3.05, 3.63) is 38.4 Å². The van der Waals surface area contributed by atoms with Crippen LogP contribution in [0.5, 0.6) is 0 Å². The molecule has 1 heterocycles. The number of halogens is 3. The zero-order valence-electron chi connectivity index (χ0n) is 8.76. The van der Waals surface area contributed by atoms with Crippen molar-refractivity contribution in [3.8, 4) is 11.3 Å². The van der Waals surface area contributed by atoms with Crippen molar-refractivity contribution in [3.63, 3.8) is 0 Å². The molecule has 0 aliphatic rings. The number of aryl methyl sites for hydroxylation is 2. The highest BCUT2D eigenvalue weighted by atomic mass is 79.9. The van der Waals surface area contributed by atoms with E-state index in [1.54, 1.807) is 16.8 Å². The van der Waals surface area contributed by atoms with Gasteiger partial charge in [-0.25, -0.2) is 0 Å². The molecular formula is C11H9BrCl2N2. The zero-order chi connectivity index (χ0) is 11.9. The van der Waals surface area contributed by atoms with Crippen LogP contribution in [0.1, 0.15) is 5.69 Å². The standard InChI is InChI=1S/C11H9BrCl2N2/c1-6-10(12)11(16(2)15-6)8-5-7(13)3-4-9(8)14/h3-5H,1-2H3. The van der Waals surface area contributed by atoms with Gasteiger partial charge in [0, 0.05) is 17.6 Å². The fraction of sp³-hybridized carbons (Fsp3) is 0.182. The summed E-state index contributed by atoms with van der Waals surface area (Å²) < 4.78 is 2.73. The molecule has 2 aromatic rings. The van der Waals surface area contributed by atoms with E-state index < -0.39 is 0 Å². The van der Waals surface area contributed by atoms with E-state index in [0.29, 0.717) is 10.0 Å². The fourth-order valence-electron chi connectivity index (χ4n) is 1.60. The summed E-state index contributed by atoms with van der Waals surface area (Å²) in [7, 11) is 1.88. The molecule has 0 unspecified atom stereocenters. The molecule has 5 heteroatoms. The van der Waals surface area contributed by atoms with Crippen LogP contribution < -0.4 is 0 Å². The summed E-state index contributed by atoms with van der Waals surface area (Å²) in [6.07, 6.45) is 0. The Bertz CT molecular complexity index is 549. The van der Waals surface area contributed by atoms with Gasteiger partial charge in [-0.2, -0.15) is 5.10 Å². The summed E-state index contributed by atoms with van der Waals surface area (Å²) >= 11 is 15.6. The van der Waals surface area contributed by atoms with Gasteiger partial charge in [-0.1, -0.05) is 23.2 Å². The largest absolute Gasteiger partial charge is 0.266 e. The van der Waals surface area contributed by atoms with E-state index in [1.165, 1.54) is 0 Å². The number of hydrogen-bond acceptors (Lipinski definition) is 1. The molecule has 0 saturated carbocycles. The molecule has 2 nitrogen and oxygen atoms in total. The molecule has 0 fully saturated rings. The maximum Gasteiger partial charge on any atom is 0.0839 e. The van der Waals surface area contributed by atoms with Gasteiger partial charge >= 0.3 is 0 Å². The van der Waals surface area contributed by atoms with Gasteiger partial charge in [0.2, 0.25) is 0 Å². The van der Waals surface area contributed by atoms with Crippen LogP contribution in [-0.2, 0) is 7.05 Å². The SMILES string of the molecule is Cc1nn(C)c(-c2cc(Cl)ccc2Cl)c1Br. The van der Waals surface area contributed by atoms with Crippen LogP contribution >= 0.6 is 39.1 Å². The molecule has 2 rings (SSSR count). The van der Waals surface area contributed by atoms with Gasteiger partial charge in [-0.05, 0) is 41.1 Å². The number of benzene rings is 1. The Morgan fingerprint density at radius 2 is 2.00 bits per heavy atom. The van der Waals surface area contributed by atoms with Gasteiger partial charge in [-0.15, -0.1) is 0 Å². The second kappa shape index (κ2) is 4.40. The summed E-state index contributed by atoms with van der Waals surface area (Å²) in [5.74, 6) is 0. The van der Waals surface area contributed by atoms with Crippen molar-refractivity contribution < 1.29 is 0 Å². The average molecular weight is 320 g/mol. The van der Waals surface area contributed by atoms with E-state index in [9.17, 15) is 0 Å². The minimum atomic E-state index is 0.658. The summed E-state index contributed by atoms with van der Waals surface area (Å²) in [6, 6.07) is 5.39. The fourth-order valence-corrected chi connectivity index (χ4v) is 2.53.